The predicted molar refractivity (Wildman–Crippen MR) is 82.0 cm³/mol. The number of hydrogen-bond donors (Lipinski definition) is 1. The van der Waals surface area contributed by atoms with Crippen molar-refractivity contribution in [3.63, 3.8) is 0 Å². The lowest BCUT2D eigenvalue weighted by molar-refractivity contribution is 0.0697. The van der Waals surface area contributed by atoms with Crippen LogP contribution >= 0.6 is 11.6 Å². The molecule has 1 fully saturated rings. The number of aromatic carboxylic acids is 1. The zero-order valence-electron chi connectivity index (χ0n) is 12.2. The number of rotatable bonds is 2. The van der Waals surface area contributed by atoms with E-state index in [-0.39, 0.29) is 11.1 Å². The monoisotopic (exact) mass is 296 g/mol. The summed E-state index contributed by atoms with van der Waals surface area (Å²) in [5, 5.41) is 9.29. The van der Waals surface area contributed by atoms with Gasteiger partial charge in [0.05, 0.1) is 10.6 Å². The van der Waals surface area contributed by atoms with E-state index in [9.17, 15) is 4.79 Å². The number of hydrogen-bond acceptors (Lipinski definition) is 3. The van der Waals surface area contributed by atoms with Crippen molar-refractivity contribution in [2.24, 2.45) is 0 Å². The number of carboxylic acids is 1. The molecule has 0 aromatic heterocycles. The molecule has 0 aliphatic carbocycles. The second-order valence-corrected chi connectivity index (χ2v) is 6.52. The van der Waals surface area contributed by atoms with E-state index in [0.29, 0.717) is 5.02 Å². The second kappa shape index (κ2) is 5.62. The Morgan fingerprint density at radius 1 is 1.20 bits per heavy atom. The molecule has 0 spiro atoms. The van der Waals surface area contributed by atoms with Crippen LogP contribution in [0.1, 0.15) is 31.1 Å². The minimum atomic E-state index is -0.987. The van der Waals surface area contributed by atoms with Crippen LogP contribution < -0.4 is 4.90 Å². The van der Waals surface area contributed by atoms with Crippen molar-refractivity contribution in [3.05, 3.63) is 28.8 Å². The highest BCUT2D eigenvalue weighted by Gasteiger charge is 2.26. The van der Waals surface area contributed by atoms with E-state index in [1.54, 1.807) is 12.1 Å². The molecule has 4 nitrogen and oxygen atoms in total. The predicted octanol–water partition coefficient (Wildman–Crippen LogP) is 2.96. The van der Waals surface area contributed by atoms with Crippen LogP contribution in [-0.2, 0) is 0 Å². The molecule has 0 saturated carbocycles. The lowest BCUT2D eigenvalue weighted by atomic mass is 10.0. The van der Waals surface area contributed by atoms with E-state index in [2.05, 4.69) is 30.6 Å². The number of carbonyl (C=O) groups is 1. The van der Waals surface area contributed by atoms with E-state index < -0.39 is 5.97 Å². The van der Waals surface area contributed by atoms with Gasteiger partial charge in [0, 0.05) is 37.4 Å². The van der Waals surface area contributed by atoms with Gasteiger partial charge in [-0.1, -0.05) is 11.6 Å². The van der Waals surface area contributed by atoms with Crippen LogP contribution in [0.15, 0.2) is 18.2 Å². The molecule has 1 aromatic rings. The number of benzene rings is 1. The molecule has 1 aliphatic rings. The Hall–Kier alpha value is -1.26. The molecule has 0 bridgehead atoms. The molecule has 1 saturated heterocycles. The maximum atomic E-state index is 11.0. The summed E-state index contributed by atoms with van der Waals surface area (Å²) in [6.07, 6.45) is 0. The maximum Gasteiger partial charge on any atom is 0.337 e. The lowest BCUT2D eigenvalue weighted by Crippen LogP contribution is -2.53. The third-order valence-corrected chi connectivity index (χ3v) is 4.09. The quantitative estimate of drug-likeness (QED) is 0.911. The number of piperazine rings is 1. The zero-order valence-corrected chi connectivity index (χ0v) is 12.9. The summed E-state index contributed by atoms with van der Waals surface area (Å²) >= 11 is 6.03. The molecule has 1 aliphatic heterocycles. The SMILES string of the molecule is CC(C)(C)N1CCN(c2ccc(C(=O)O)c(Cl)c2)CC1. The van der Waals surface area contributed by atoms with Crippen molar-refractivity contribution in [1.82, 2.24) is 4.90 Å². The van der Waals surface area contributed by atoms with Crippen LogP contribution in [0, 0.1) is 0 Å². The number of halogens is 1. The van der Waals surface area contributed by atoms with Gasteiger partial charge in [-0.2, -0.15) is 0 Å². The fourth-order valence-corrected chi connectivity index (χ4v) is 2.77. The van der Waals surface area contributed by atoms with Gasteiger partial charge in [-0.05, 0) is 39.0 Å². The van der Waals surface area contributed by atoms with Gasteiger partial charge in [-0.25, -0.2) is 4.79 Å². The van der Waals surface area contributed by atoms with Gasteiger partial charge < -0.3 is 10.0 Å². The van der Waals surface area contributed by atoms with Crippen LogP contribution in [0.4, 0.5) is 5.69 Å². The molecule has 0 radical (unpaired) electrons. The average Bonchev–Trinajstić information content (AvgIpc) is 2.37. The van der Waals surface area contributed by atoms with Crippen molar-refractivity contribution < 1.29 is 9.90 Å². The highest BCUT2D eigenvalue weighted by Crippen LogP contribution is 2.26. The summed E-state index contributed by atoms with van der Waals surface area (Å²) in [7, 11) is 0. The average molecular weight is 297 g/mol. The molecular formula is C15H21ClN2O2. The van der Waals surface area contributed by atoms with Gasteiger partial charge in [0.1, 0.15) is 0 Å². The summed E-state index contributed by atoms with van der Waals surface area (Å²) in [6, 6.07) is 5.16. The van der Waals surface area contributed by atoms with Crippen molar-refractivity contribution >= 4 is 23.3 Å². The van der Waals surface area contributed by atoms with Gasteiger partial charge in [-0.3, -0.25) is 4.90 Å². The van der Waals surface area contributed by atoms with Crippen molar-refractivity contribution in [2.45, 2.75) is 26.3 Å². The Morgan fingerprint density at radius 2 is 1.80 bits per heavy atom. The highest BCUT2D eigenvalue weighted by molar-refractivity contribution is 6.33. The Kier molecular flexibility index (Phi) is 4.25. The van der Waals surface area contributed by atoms with Crippen LogP contribution in [0.3, 0.4) is 0 Å². The maximum absolute atomic E-state index is 11.0. The first-order valence-corrected chi connectivity index (χ1v) is 7.19. The Morgan fingerprint density at radius 3 is 2.25 bits per heavy atom. The molecule has 5 heteroatoms. The molecule has 2 rings (SSSR count). The first kappa shape index (κ1) is 15.1. The normalized spacial score (nSPS) is 17.3. The van der Waals surface area contributed by atoms with Crippen molar-refractivity contribution in [2.75, 3.05) is 31.1 Å². The minimum absolute atomic E-state index is 0.156. The molecule has 0 amide bonds. The van der Waals surface area contributed by atoms with E-state index >= 15 is 0 Å². The molecule has 20 heavy (non-hydrogen) atoms. The fraction of sp³-hybridized carbons (Fsp3) is 0.533. The summed E-state index contributed by atoms with van der Waals surface area (Å²) in [6.45, 7) is 10.5. The molecule has 1 heterocycles. The Labute approximate surface area is 124 Å². The highest BCUT2D eigenvalue weighted by atomic mass is 35.5. The first-order valence-electron chi connectivity index (χ1n) is 6.82. The van der Waals surface area contributed by atoms with Crippen molar-refractivity contribution in [3.8, 4) is 0 Å². The fourth-order valence-electron chi connectivity index (χ4n) is 2.51. The van der Waals surface area contributed by atoms with Gasteiger partial charge >= 0.3 is 5.97 Å². The third kappa shape index (κ3) is 3.25. The standard InChI is InChI=1S/C15H21ClN2O2/c1-15(2,3)18-8-6-17(7-9-18)11-4-5-12(14(19)20)13(16)10-11/h4-5,10H,6-9H2,1-3H3,(H,19,20). The molecular weight excluding hydrogens is 276 g/mol. The first-order chi connectivity index (χ1) is 9.29. The van der Waals surface area contributed by atoms with Gasteiger partial charge in [0.15, 0.2) is 0 Å². The second-order valence-electron chi connectivity index (χ2n) is 6.11. The van der Waals surface area contributed by atoms with Crippen LogP contribution in [-0.4, -0.2) is 47.7 Å². The Balaban J connectivity index is 2.08. The number of nitrogens with zero attached hydrogens (tertiary/aromatic N) is 2. The zero-order chi connectivity index (χ0) is 14.9. The van der Waals surface area contributed by atoms with Crippen LogP contribution in [0.5, 0.6) is 0 Å². The van der Waals surface area contributed by atoms with E-state index in [1.807, 2.05) is 6.07 Å². The van der Waals surface area contributed by atoms with E-state index in [4.69, 9.17) is 16.7 Å². The molecule has 110 valence electrons. The van der Waals surface area contributed by atoms with Gasteiger partial charge in [-0.15, -0.1) is 0 Å². The van der Waals surface area contributed by atoms with Crippen LogP contribution in [0.2, 0.25) is 5.02 Å². The third-order valence-electron chi connectivity index (χ3n) is 3.78. The minimum Gasteiger partial charge on any atom is -0.478 e. The van der Waals surface area contributed by atoms with E-state index in [1.165, 1.54) is 0 Å². The smallest absolute Gasteiger partial charge is 0.337 e. The lowest BCUT2D eigenvalue weighted by Gasteiger charge is -2.43. The van der Waals surface area contributed by atoms with Gasteiger partial charge in [0.2, 0.25) is 0 Å². The van der Waals surface area contributed by atoms with Gasteiger partial charge in [0.25, 0.3) is 0 Å². The Bertz CT molecular complexity index is 503. The number of anilines is 1. The summed E-state index contributed by atoms with van der Waals surface area (Å²) in [4.78, 5) is 15.7. The molecule has 1 N–H and O–H groups in total. The van der Waals surface area contributed by atoms with Crippen molar-refractivity contribution in [1.29, 1.82) is 0 Å². The summed E-state index contributed by atoms with van der Waals surface area (Å²) < 4.78 is 0. The number of carboxylic acid groups (broad SMARTS) is 1. The molecule has 1 aromatic carbocycles. The molecule has 0 unspecified atom stereocenters. The summed E-state index contributed by atoms with van der Waals surface area (Å²) in [5.74, 6) is -0.987. The topological polar surface area (TPSA) is 43.8 Å². The van der Waals surface area contributed by atoms with Crippen LogP contribution in [0.25, 0.3) is 0 Å². The summed E-state index contributed by atoms with van der Waals surface area (Å²) in [5.41, 5.74) is 1.34. The largest absolute Gasteiger partial charge is 0.478 e. The molecule has 0 atom stereocenters. The van der Waals surface area contributed by atoms with E-state index in [0.717, 1.165) is 31.9 Å².